The highest BCUT2D eigenvalue weighted by molar-refractivity contribution is 7.85. The number of aryl methyl sites for hydroxylation is 2. The third-order valence-corrected chi connectivity index (χ3v) is 5.24. The molecule has 0 aliphatic rings. The molecule has 0 radical (unpaired) electrons. The van der Waals surface area contributed by atoms with Gasteiger partial charge in [-0.15, -0.1) is 0 Å². The van der Waals surface area contributed by atoms with Gasteiger partial charge in [0.2, 0.25) is 0 Å². The third kappa shape index (κ3) is 6.23. The average molecular weight is 550 g/mol. The summed E-state index contributed by atoms with van der Waals surface area (Å²) in [5, 5.41) is 0. The van der Waals surface area contributed by atoms with E-state index in [1.807, 2.05) is 0 Å². The molecule has 1 rings (SSSR count). The molecule has 0 saturated heterocycles. The Balaban J connectivity index is 3.27. The van der Waals surface area contributed by atoms with Crippen molar-refractivity contribution in [1.29, 1.82) is 0 Å². The zero-order chi connectivity index (χ0) is 27.2. The Bertz CT molecular complexity index is 919. The van der Waals surface area contributed by atoms with Gasteiger partial charge in [-0.1, -0.05) is 6.07 Å². The summed E-state index contributed by atoms with van der Waals surface area (Å²) >= 11 is 0. The highest BCUT2D eigenvalue weighted by Crippen LogP contribution is 2.49. The molecule has 18 heteroatoms. The number of benzene rings is 1. The van der Waals surface area contributed by atoms with Crippen LogP contribution in [0.1, 0.15) is 24.0 Å². The van der Waals surface area contributed by atoms with Crippen LogP contribution in [0.4, 0.5) is 61.5 Å². The predicted molar refractivity (Wildman–Crippen MR) is 84.8 cm³/mol. The summed E-state index contributed by atoms with van der Waals surface area (Å²) in [5.41, 5.74) is -1.71. The minimum Gasteiger partial charge on any atom is -0.282 e. The average Bonchev–Trinajstić information content (AvgIpc) is 2.62. The van der Waals surface area contributed by atoms with E-state index in [2.05, 4.69) is 0 Å². The summed E-state index contributed by atoms with van der Waals surface area (Å²) in [6.07, 6.45) is -20.9. The summed E-state index contributed by atoms with van der Waals surface area (Å²) in [6.45, 7) is 0. The van der Waals surface area contributed by atoms with Gasteiger partial charge in [-0.05, 0) is 36.1 Å². The minimum atomic E-state index is -6.69. The molecule has 0 heterocycles. The van der Waals surface area contributed by atoms with Crippen LogP contribution in [-0.2, 0) is 23.0 Å². The lowest BCUT2D eigenvalue weighted by molar-refractivity contribution is -0.355. The molecule has 1 N–H and O–H groups in total. The highest BCUT2D eigenvalue weighted by Gasteiger charge is 2.73. The van der Waals surface area contributed by atoms with Crippen LogP contribution in [0, 0.1) is 0 Å². The zero-order valence-electron chi connectivity index (χ0n) is 16.0. The van der Waals surface area contributed by atoms with Crippen molar-refractivity contribution in [3.63, 3.8) is 0 Å². The molecular weight excluding hydrogens is 538 g/mol. The van der Waals surface area contributed by atoms with Crippen LogP contribution in [0.25, 0.3) is 0 Å². The number of halogens is 14. The molecule has 0 spiro atoms. The monoisotopic (exact) mass is 550 g/mol. The maximum absolute atomic E-state index is 13.4. The van der Waals surface area contributed by atoms with Crippen LogP contribution in [0.15, 0.2) is 23.1 Å². The lowest BCUT2D eigenvalue weighted by Gasteiger charge is -2.28. The van der Waals surface area contributed by atoms with Crippen molar-refractivity contribution in [3.05, 3.63) is 29.3 Å². The second-order valence-electron chi connectivity index (χ2n) is 7.01. The van der Waals surface area contributed by atoms with Gasteiger partial charge in [-0.2, -0.15) is 69.9 Å². The Hall–Kier alpha value is -1.85. The van der Waals surface area contributed by atoms with Crippen LogP contribution in [0.2, 0.25) is 0 Å². The first-order chi connectivity index (χ1) is 14.8. The number of hydrogen-bond acceptors (Lipinski definition) is 2. The molecule has 0 aromatic heterocycles. The van der Waals surface area contributed by atoms with Crippen LogP contribution in [0.3, 0.4) is 0 Å². The minimum absolute atomic E-state index is 0.281. The van der Waals surface area contributed by atoms with Gasteiger partial charge in [0.05, 0.1) is 4.90 Å². The van der Waals surface area contributed by atoms with Crippen LogP contribution in [-0.4, -0.2) is 49.0 Å². The van der Waals surface area contributed by atoms with E-state index in [1.54, 1.807) is 0 Å². The topological polar surface area (TPSA) is 54.4 Å². The van der Waals surface area contributed by atoms with Gasteiger partial charge in [-0.25, -0.2) is 0 Å². The van der Waals surface area contributed by atoms with E-state index < -0.39 is 87.9 Å². The van der Waals surface area contributed by atoms with Gasteiger partial charge in [0.15, 0.2) is 0 Å². The van der Waals surface area contributed by atoms with Crippen molar-refractivity contribution < 1.29 is 74.4 Å². The summed E-state index contributed by atoms with van der Waals surface area (Å²) in [4.78, 5) is -1.29. The fraction of sp³-hybridized carbons (Fsp3) is 0.625. The molecule has 0 unspecified atom stereocenters. The molecule has 0 bridgehead atoms. The van der Waals surface area contributed by atoms with Crippen LogP contribution < -0.4 is 0 Å². The van der Waals surface area contributed by atoms with Gasteiger partial charge in [0, 0.05) is 12.8 Å². The molecular formula is C16H12F14O3S. The van der Waals surface area contributed by atoms with E-state index in [9.17, 15) is 69.9 Å². The second-order valence-corrected chi connectivity index (χ2v) is 8.44. The summed E-state index contributed by atoms with van der Waals surface area (Å²) in [7, 11) is -5.29. The first-order valence-electron chi connectivity index (χ1n) is 8.51. The van der Waals surface area contributed by atoms with E-state index in [0.29, 0.717) is 6.07 Å². The van der Waals surface area contributed by atoms with Gasteiger partial charge in [0.25, 0.3) is 10.1 Å². The normalized spacial score (nSPS) is 15.0. The Morgan fingerprint density at radius 2 is 0.882 bits per heavy atom. The molecule has 0 saturated carbocycles. The molecule has 198 valence electrons. The zero-order valence-corrected chi connectivity index (χ0v) is 16.8. The van der Waals surface area contributed by atoms with E-state index in [0.717, 1.165) is 0 Å². The standard InChI is InChI=1S/C16H12F14O3S/c17-11(18,13(21,22)15(25,26)27)3-1-8-5-9(7-10(6-8)34(31,32)33)2-4-12(19,20)14(23,24)16(28,29)30/h5-7H,1-4H2,(H,31,32,33). The first-order valence-corrected chi connectivity index (χ1v) is 9.95. The molecule has 0 aliphatic carbocycles. The lowest BCUT2D eigenvalue weighted by Crippen LogP contribution is -2.52. The Labute approximate surface area is 181 Å². The Morgan fingerprint density at radius 1 is 0.588 bits per heavy atom. The van der Waals surface area contributed by atoms with Crippen molar-refractivity contribution in [2.75, 3.05) is 0 Å². The number of hydrogen-bond donors (Lipinski definition) is 1. The smallest absolute Gasteiger partial charge is 0.282 e. The predicted octanol–water partition coefficient (Wildman–Crippen LogP) is 6.46. The highest BCUT2D eigenvalue weighted by atomic mass is 32.2. The maximum Gasteiger partial charge on any atom is 0.459 e. The van der Waals surface area contributed by atoms with Crippen LogP contribution >= 0.6 is 0 Å². The second kappa shape index (κ2) is 8.98. The van der Waals surface area contributed by atoms with E-state index in [-0.39, 0.29) is 12.1 Å². The van der Waals surface area contributed by atoms with Crippen molar-refractivity contribution in [2.45, 2.75) is 66.6 Å². The molecule has 0 amide bonds. The molecule has 0 atom stereocenters. The fourth-order valence-electron chi connectivity index (χ4n) is 2.50. The summed E-state index contributed by atoms with van der Waals surface area (Å²) < 4.78 is 210. The van der Waals surface area contributed by atoms with Crippen LogP contribution in [0.5, 0.6) is 0 Å². The molecule has 1 aromatic rings. The number of alkyl halides is 14. The van der Waals surface area contributed by atoms with Gasteiger partial charge >= 0.3 is 36.0 Å². The number of rotatable bonds is 9. The molecule has 3 nitrogen and oxygen atoms in total. The summed E-state index contributed by atoms with van der Waals surface area (Å²) in [5.74, 6) is -24.6. The maximum atomic E-state index is 13.4. The van der Waals surface area contributed by atoms with E-state index in [4.69, 9.17) is 4.55 Å². The fourth-order valence-corrected chi connectivity index (χ4v) is 3.10. The van der Waals surface area contributed by atoms with E-state index >= 15 is 0 Å². The quantitative estimate of drug-likeness (QED) is 0.284. The summed E-state index contributed by atoms with van der Waals surface area (Å²) in [6, 6.07) is 0.991. The van der Waals surface area contributed by atoms with Crippen molar-refractivity contribution in [2.24, 2.45) is 0 Å². The van der Waals surface area contributed by atoms with Gasteiger partial charge in [0.1, 0.15) is 0 Å². The SMILES string of the molecule is O=S(=O)(O)c1cc(CCC(F)(F)C(F)(F)C(F)(F)F)cc(CCC(F)(F)C(F)(F)C(F)(F)F)c1. The van der Waals surface area contributed by atoms with Crippen molar-refractivity contribution in [3.8, 4) is 0 Å². The largest absolute Gasteiger partial charge is 0.459 e. The van der Waals surface area contributed by atoms with Crippen molar-refractivity contribution >= 4 is 10.1 Å². The molecule has 34 heavy (non-hydrogen) atoms. The molecule has 1 aromatic carbocycles. The Kier molecular flexibility index (Phi) is 7.97. The van der Waals surface area contributed by atoms with E-state index in [1.165, 1.54) is 0 Å². The van der Waals surface area contributed by atoms with Gasteiger partial charge in [-0.3, -0.25) is 4.55 Å². The van der Waals surface area contributed by atoms with Crippen molar-refractivity contribution in [1.82, 2.24) is 0 Å². The third-order valence-electron chi connectivity index (χ3n) is 4.41. The molecule has 0 fully saturated rings. The first kappa shape index (κ1) is 30.2. The Morgan fingerprint density at radius 3 is 1.12 bits per heavy atom. The van der Waals surface area contributed by atoms with Gasteiger partial charge < -0.3 is 0 Å². The lowest BCUT2D eigenvalue weighted by atomic mass is 9.97. The molecule has 0 aliphatic heterocycles.